The standard InChI is InChI=1S/C13H18N2O2/c1-2-15(12-7-14-8-12)9-10-3-5-11(6-4-10)13(16)17/h3-6,12,14H,2,7-9H2,1H3,(H,16,17). The second-order valence-electron chi connectivity index (χ2n) is 4.38. The lowest BCUT2D eigenvalue weighted by Gasteiger charge is -2.37. The van der Waals surface area contributed by atoms with Crippen molar-refractivity contribution in [2.45, 2.75) is 19.5 Å². The van der Waals surface area contributed by atoms with Crippen molar-refractivity contribution in [3.05, 3.63) is 35.4 Å². The highest BCUT2D eigenvalue weighted by Gasteiger charge is 2.23. The number of carbonyl (C=O) groups is 1. The van der Waals surface area contributed by atoms with Gasteiger partial charge in [0.1, 0.15) is 0 Å². The molecule has 0 aliphatic carbocycles. The first-order valence-electron chi connectivity index (χ1n) is 5.97. The van der Waals surface area contributed by atoms with E-state index in [1.165, 1.54) is 5.56 Å². The average Bonchev–Trinajstić information content (AvgIpc) is 2.26. The Kier molecular flexibility index (Phi) is 3.76. The SMILES string of the molecule is CCN(Cc1ccc(C(=O)O)cc1)C1CNC1. The van der Waals surface area contributed by atoms with E-state index < -0.39 is 5.97 Å². The van der Waals surface area contributed by atoms with Gasteiger partial charge < -0.3 is 10.4 Å². The number of carboxylic acid groups (broad SMARTS) is 1. The number of hydrogen-bond acceptors (Lipinski definition) is 3. The van der Waals surface area contributed by atoms with E-state index in [9.17, 15) is 4.79 Å². The predicted octanol–water partition coefficient (Wildman–Crippen LogP) is 1.18. The van der Waals surface area contributed by atoms with Crippen LogP contribution in [0.2, 0.25) is 0 Å². The quantitative estimate of drug-likeness (QED) is 0.803. The first kappa shape index (κ1) is 12.1. The molecule has 0 spiro atoms. The topological polar surface area (TPSA) is 52.6 Å². The number of benzene rings is 1. The molecule has 0 unspecified atom stereocenters. The molecule has 1 aromatic rings. The van der Waals surface area contributed by atoms with Crippen molar-refractivity contribution in [1.29, 1.82) is 0 Å². The van der Waals surface area contributed by atoms with E-state index in [1.807, 2.05) is 12.1 Å². The molecule has 2 N–H and O–H groups in total. The predicted molar refractivity (Wildman–Crippen MR) is 66.1 cm³/mol. The molecule has 0 saturated carbocycles. The van der Waals surface area contributed by atoms with E-state index in [1.54, 1.807) is 12.1 Å². The van der Waals surface area contributed by atoms with Gasteiger partial charge in [-0.25, -0.2) is 4.79 Å². The third-order valence-electron chi connectivity index (χ3n) is 3.27. The maximum atomic E-state index is 10.7. The third kappa shape index (κ3) is 2.84. The van der Waals surface area contributed by atoms with E-state index in [0.29, 0.717) is 11.6 Å². The molecule has 17 heavy (non-hydrogen) atoms. The Morgan fingerprint density at radius 2 is 2.06 bits per heavy atom. The van der Waals surface area contributed by atoms with Crippen LogP contribution in [-0.2, 0) is 6.54 Å². The van der Waals surface area contributed by atoms with Gasteiger partial charge in [-0.2, -0.15) is 0 Å². The summed E-state index contributed by atoms with van der Waals surface area (Å²) in [7, 11) is 0. The average molecular weight is 234 g/mol. The number of carboxylic acids is 1. The van der Waals surface area contributed by atoms with E-state index >= 15 is 0 Å². The summed E-state index contributed by atoms with van der Waals surface area (Å²) >= 11 is 0. The fourth-order valence-corrected chi connectivity index (χ4v) is 2.02. The van der Waals surface area contributed by atoms with Crippen LogP contribution in [0.15, 0.2) is 24.3 Å². The zero-order valence-electron chi connectivity index (χ0n) is 10.0. The van der Waals surface area contributed by atoms with Crippen molar-refractivity contribution in [1.82, 2.24) is 10.2 Å². The number of nitrogens with one attached hydrogen (secondary N) is 1. The maximum absolute atomic E-state index is 10.7. The highest BCUT2D eigenvalue weighted by atomic mass is 16.4. The molecule has 92 valence electrons. The van der Waals surface area contributed by atoms with Gasteiger partial charge in [0.05, 0.1) is 5.56 Å². The Labute approximate surface area is 101 Å². The van der Waals surface area contributed by atoms with Crippen LogP contribution in [0.25, 0.3) is 0 Å². The van der Waals surface area contributed by atoms with Gasteiger partial charge in [0.15, 0.2) is 0 Å². The van der Waals surface area contributed by atoms with Crippen LogP contribution in [0.3, 0.4) is 0 Å². The summed E-state index contributed by atoms with van der Waals surface area (Å²) in [6, 6.07) is 7.77. The molecule has 1 saturated heterocycles. The molecule has 4 heteroatoms. The number of rotatable bonds is 5. The van der Waals surface area contributed by atoms with Crippen molar-refractivity contribution in [3.63, 3.8) is 0 Å². The number of hydrogen-bond donors (Lipinski definition) is 2. The smallest absolute Gasteiger partial charge is 0.335 e. The normalized spacial score (nSPS) is 15.9. The van der Waals surface area contributed by atoms with Gasteiger partial charge in [-0.1, -0.05) is 19.1 Å². The second kappa shape index (κ2) is 5.29. The van der Waals surface area contributed by atoms with Crippen molar-refractivity contribution < 1.29 is 9.90 Å². The van der Waals surface area contributed by atoms with Gasteiger partial charge in [-0.05, 0) is 24.2 Å². The lowest BCUT2D eigenvalue weighted by Crippen LogP contribution is -2.56. The van der Waals surface area contributed by atoms with Crippen molar-refractivity contribution in [2.24, 2.45) is 0 Å². The van der Waals surface area contributed by atoms with Crippen molar-refractivity contribution in [3.8, 4) is 0 Å². The first-order chi connectivity index (χ1) is 8.20. The summed E-state index contributed by atoms with van der Waals surface area (Å²) < 4.78 is 0. The van der Waals surface area contributed by atoms with Gasteiger partial charge in [-0.15, -0.1) is 0 Å². The largest absolute Gasteiger partial charge is 0.478 e. The second-order valence-corrected chi connectivity index (χ2v) is 4.38. The van der Waals surface area contributed by atoms with E-state index in [0.717, 1.165) is 26.2 Å². The summed E-state index contributed by atoms with van der Waals surface area (Å²) in [6.45, 7) is 6.18. The highest BCUT2D eigenvalue weighted by molar-refractivity contribution is 5.87. The summed E-state index contributed by atoms with van der Waals surface area (Å²) in [5, 5.41) is 12.1. The molecule has 1 aliphatic rings. The summed E-state index contributed by atoms with van der Waals surface area (Å²) in [5.41, 5.74) is 1.52. The molecule has 0 atom stereocenters. The van der Waals surface area contributed by atoms with Gasteiger partial charge in [-0.3, -0.25) is 4.90 Å². The molecule has 4 nitrogen and oxygen atoms in total. The maximum Gasteiger partial charge on any atom is 0.335 e. The van der Waals surface area contributed by atoms with E-state index in [-0.39, 0.29) is 0 Å². The lowest BCUT2D eigenvalue weighted by molar-refractivity contribution is 0.0697. The van der Waals surface area contributed by atoms with Gasteiger partial charge in [0, 0.05) is 25.7 Å². The van der Waals surface area contributed by atoms with Gasteiger partial charge in [0.2, 0.25) is 0 Å². The van der Waals surface area contributed by atoms with E-state index in [4.69, 9.17) is 5.11 Å². The Bertz CT molecular complexity index is 385. The molecule has 1 aliphatic heterocycles. The zero-order chi connectivity index (χ0) is 12.3. The third-order valence-corrected chi connectivity index (χ3v) is 3.27. The van der Waals surface area contributed by atoms with Crippen LogP contribution >= 0.6 is 0 Å². The fourth-order valence-electron chi connectivity index (χ4n) is 2.02. The molecule has 0 amide bonds. The molecule has 1 fully saturated rings. The Morgan fingerprint density at radius 1 is 1.41 bits per heavy atom. The summed E-state index contributed by atoms with van der Waals surface area (Å²) in [4.78, 5) is 13.1. The van der Waals surface area contributed by atoms with Gasteiger partial charge in [0.25, 0.3) is 0 Å². The van der Waals surface area contributed by atoms with Crippen LogP contribution in [0.1, 0.15) is 22.8 Å². The van der Waals surface area contributed by atoms with Crippen LogP contribution in [0, 0.1) is 0 Å². The van der Waals surface area contributed by atoms with Crippen LogP contribution in [-0.4, -0.2) is 41.7 Å². The monoisotopic (exact) mass is 234 g/mol. The number of likely N-dealkylation sites (N-methyl/N-ethyl adjacent to an activating group) is 1. The number of aromatic carboxylic acids is 1. The lowest BCUT2D eigenvalue weighted by atomic mass is 10.1. The molecule has 2 rings (SSSR count). The minimum atomic E-state index is -0.868. The first-order valence-corrected chi connectivity index (χ1v) is 5.97. The van der Waals surface area contributed by atoms with E-state index in [2.05, 4.69) is 17.1 Å². The molecule has 1 heterocycles. The molecule has 1 aromatic carbocycles. The minimum Gasteiger partial charge on any atom is -0.478 e. The molecule has 0 aromatic heterocycles. The van der Waals surface area contributed by atoms with Crippen LogP contribution in [0.5, 0.6) is 0 Å². The van der Waals surface area contributed by atoms with Crippen LogP contribution < -0.4 is 5.32 Å². The molecule has 0 radical (unpaired) electrons. The Balaban J connectivity index is 1.99. The Hall–Kier alpha value is -1.39. The highest BCUT2D eigenvalue weighted by Crippen LogP contribution is 2.12. The Morgan fingerprint density at radius 3 is 2.47 bits per heavy atom. The molecular formula is C13H18N2O2. The minimum absolute atomic E-state index is 0.349. The van der Waals surface area contributed by atoms with Crippen molar-refractivity contribution >= 4 is 5.97 Å². The van der Waals surface area contributed by atoms with Crippen molar-refractivity contribution in [2.75, 3.05) is 19.6 Å². The molecular weight excluding hydrogens is 216 g/mol. The zero-order valence-corrected chi connectivity index (χ0v) is 10.0. The van der Waals surface area contributed by atoms with Crippen LogP contribution in [0.4, 0.5) is 0 Å². The molecule has 0 bridgehead atoms. The number of nitrogens with zero attached hydrogens (tertiary/aromatic N) is 1. The summed E-state index contributed by atoms with van der Waals surface area (Å²) in [6.07, 6.45) is 0. The summed E-state index contributed by atoms with van der Waals surface area (Å²) in [5.74, 6) is -0.868. The van der Waals surface area contributed by atoms with Gasteiger partial charge >= 0.3 is 5.97 Å². The fraction of sp³-hybridized carbons (Fsp3) is 0.462.